The molecule has 0 radical (unpaired) electrons. The number of carbonyl (C=O) groups excluding carboxylic acids is 1. The van der Waals surface area contributed by atoms with Crippen molar-refractivity contribution in [2.24, 2.45) is 0 Å². The number of rotatable bonds is 3. The molecule has 4 nitrogen and oxygen atoms in total. The molecule has 2 aromatic carbocycles. The fourth-order valence-corrected chi connectivity index (χ4v) is 3.36. The van der Waals surface area contributed by atoms with Crippen LogP contribution in [-0.2, 0) is 16.3 Å². The predicted octanol–water partition coefficient (Wildman–Crippen LogP) is 3.43. The number of nitrogens with zero attached hydrogens (tertiary/aromatic N) is 1. The molecule has 0 unspecified atom stereocenters. The van der Waals surface area contributed by atoms with Crippen LogP contribution >= 0.6 is 0 Å². The molecule has 0 fully saturated rings. The largest absolute Gasteiger partial charge is 0.280 e. The van der Waals surface area contributed by atoms with Crippen LogP contribution in [0, 0.1) is 5.82 Å². The topological polar surface area (TPSA) is 56.1 Å². The van der Waals surface area contributed by atoms with E-state index >= 15 is 0 Å². The van der Waals surface area contributed by atoms with Gasteiger partial charge in [-0.2, -0.15) is 0 Å². The molecular weight excluding hydrogens is 329 g/mol. The second kappa shape index (κ2) is 5.87. The minimum absolute atomic E-state index is 0.212. The summed E-state index contributed by atoms with van der Waals surface area (Å²) < 4.78 is 38.1. The number of benzene rings is 2. The van der Waals surface area contributed by atoms with Crippen molar-refractivity contribution in [3.05, 3.63) is 65.6 Å². The second-order valence-corrected chi connectivity index (χ2v) is 7.65. The van der Waals surface area contributed by atoms with Crippen molar-refractivity contribution in [3.8, 4) is 0 Å². The van der Waals surface area contributed by atoms with E-state index in [2.05, 4.69) is 0 Å². The Kier molecular flexibility index (Phi) is 4.01. The van der Waals surface area contributed by atoms with Crippen LogP contribution in [-0.4, -0.2) is 25.1 Å². The smallest absolute Gasteiger partial charge is 0.262 e. The normalized spacial score (nSPS) is 11.8. The number of sulfone groups is 1. The van der Waals surface area contributed by atoms with E-state index in [-0.39, 0.29) is 10.8 Å². The van der Waals surface area contributed by atoms with E-state index in [1.165, 1.54) is 30.3 Å². The molecule has 0 aliphatic rings. The van der Waals surface area contributed by atoms with Crippen molar-refractivity contribution in [1.82, 2.24) is 4.57 Å². The number of hydrogen-bond donors (Lipinski definition) is 0. The van der Waals surface area contributed by atoms with Gasteiger partial charge in [0, 0.05) is 22.9 Å². The molecule has 0 bridgehead atoms. The number of aryl methyl sites for hydroxylation is 1. The Balaban J connectivity index is 2.19. The van der Waals surface area contributed by atoms with Gasteiger partial charge in [-0.15, -0.1) is 0 Å². The summed E-state index contributed by atoms with van der Waals surface area (Å²) in [6.07, 6.45) is 1.76. The number of carbonyl (C=O) groups is 1. The Morgan fingerprint density at radius 1 is 1.08 bits per heavy atom. The van der Waals surface area contributed by atoms with Gasteiger partial charge in [0.2, 0.25) is 0 Å². The molecule has 3 rings (SSSR count). The maximum atomic E-state index is 13.1. The number of halogens is 1. The number of fused-ring (bicyclic) bond motifs is 1. The van der Waals surface area contributed by atoms with Crippen molar-refractivity contribution in [2.45, 2.75) is 18.2 Å². The van der Waals surface area contributed by atoms with Gasteiger partial charge < -0.3 is 0 Å². The first-order valence-corrected chi connectivity index (χ1v) is 9.35. The van der Waals surface area contributed by atoms with Crippen molar-refractivity contribution in [3.63, 3.8) is 0 Å². The zero-order chi connectivity index (χ0) is 17.5. The average Bonchev–Trinajstić information content (AvgIpc) is 2.91. The molecule has 6 heteroatoms. The first-order chi connectivity index (χ1) is 11.3. The molecule has 1 aromatic heterocycles. The fourth-order valence-electron chi connectivity index (χ4n) is 2.70. The molecular formula is C18H16FNO3S. The van der Waals surface area contributed by atoms with Gasteiger partial charge in [-0.1, -0.05) is 6.92 Å². The summed E-state index contributed by atoms with van der Waals surface area (Å²) in [5.74, 6) is -0.675. The summed E-state index contributed by atoms with van der Waals surface area (Å²) in [6.45, 7) is 1.92. The lowest BCUT2D eigenvalue weighted by Crippen LogP contribution is -2.14. The SMILES string of the molecule is CCc1cc2cc(S(C)(=O)=O)ccc2n1C(=O)c1ccc(F)cc1. The Morgan fingerprint density at radius 3 is 2.33 bits per heavy atom. The van der Waals surface area contributed by atoms with Crippen molar-refractivity contribution in [2.75, 3.05) is 6.26 Å². The molecule has 3 aromatic rings. The van der Waals surface area contributed by atoms with Gasteiger partial charge in [-0.25, -0.2) is 12.8 Å². The van der Waals surface area contributed by atoms with Crippen LogP contribution in [0.25, 0.3) is 10.9 Å². The molecule has 0 aliphatic carbocycles. The molecule has 0 spiro atoms. The summed E-state index contributed by atoms with van der Waals surface area (Å²) in [6, 6.07) is 11.9. The third-order valence-corrected chi connectivity index (χ3v) is 5.04. The Morgan fingerprint density at radius 2 is 1.75 bits per heavy atom. The molecule has 0 saturated carbocycles. The van der Waals surface area contributed by atoms with Gasteiger partial charge in [0.1, 0.15) is 5.82 Å². The Bertz CT molecular complexity index is 1030. The minimum atomic E-state index is -3.32. The predicted molar refractivity (Wildman–Crippen MR) is 90.6 cm³/mol. The maximum absolute atomic E-state index is 13.1. The van der Waals surface area contributed by atoms with E-state index in [9.17, 15) is 17.6 Å². The Labute approximate surface area is 139 Å². The average molecular weight is 345 g/mol. The second-order valence-electron chi connectivity index (χ2n) is 5.63. The van der Waals surface area contributed by atoms with E-state index in [0.29, 0.717) is 22.9 Å². The fraction of sp³-hybridized carbons (Fsp3) is 0.167. The van der Waals surface area contributed by atoms with Gasteiger partial charge in [0.05, 0.1) is 10.4 Å². The van der Waals surface area contributed by atoms with Gasteiger partial charge in [-0.05, 0) is 55.0 Å². The summed E-state index contributed by atoms with van der Waals surface area (Å²) in [7, 11) is -3.32. The highest BCUT2D eigenvalue weighted by atomic mass is 32.2. The van der Waals surface area contributed by atoms with Crippen LogP contribution in [0.3, 0.4) is 0 Å². The van der Waals surface area contributed by atoms with E-state index in [1.54, 1.807) is 16.7 Å². The van der Waals surface area contributed by atoms with Crippen LogP contribution in [0.1, 0.15) is 23.0 Å². The molecule has 124 valence electrons. The zero-order valence-corrected chi connectivity index (χ0v) is 14.1. The van der Waals surface area contributed by atoms with Crippen LogP contribution in [0.15, 0.2) is 53.4 Å². The van der Waals surface area contributed by atoms with Crippen LogP contribution in [0.4, 0.5) is 4.39 Å². The highest BCUT2D eigenvalue weighted by molar-refractivity contribution is 7.90. The van der Waals surface area contributed by atoms with Gasteiger partial charge in [0.15, 0.2) is 9.84 Å². The van der Waals surface area contributed by atoms with Gasteiger partial charge in [0.25, 0.3) is 5.91 Å². The number of hydrogen-bond acceptors (Lipinski definition) is 3. The minimum Gasteiger partial charge on any atom is -0.280 e. The van der Waals surface area contributed by atoms with Crippen molar-refractivity contribution >= 4 is 26.6 Å². The third kappa shape index (κ3) is 2.85. The monoisotopic (exact) mass is 345 g/mol. The Hall–Kier alpha value is -2.47. The maximum Gasteiger partial charge on any atom is 0.262 e. The zero-order valence-electron chi connectivity index (χ0n) is 13.3. The summed E-state index contributed by atoms with van der Waals surface area (Å²) >= 11 is 0. The first-order valence-electron chi connectivity index (χ1n) is 7.46. The van der Waals surface area contributed by atoms with E-state index in [4.69, 9.17) is 0 Å². The lowest BCUT2D eigenvalue weighted by Gasteiger charge is -2.08. The lowest BCUT2D eigenvalue weighted by molar-refractivity contribution is 0.0962. The van der Waals surface area contributed by atoms with Crippen LogP contribution in [0.2, 0.25) is 0 Å². The van der Waals surface area contributed by atoms with Crippen molar-refractivity contribution in [1.29, 1.82) is 0 Å². The molecule has 0 atom stereocenters. The molecule has 0 amide bonds. The van der Waals surface area contributed by atoms with Gasteiger partial charge in [-0.3, -0.25) is 9.36 Å². The standard InChI is InChI=1S/C18H16FNO3S/c1-3-15-10-13-11-16(24(2,22)23)8-9-17(13)20(15)18(21)12-4-6-14(19)7-5-12/h4-11H,3H2,1-2H3. The van der Waals surface area contributed by atoms with Crippen LogP contribution in [0.5, 0.6) is 0 Å². The van der Waals surface area contributed by atoms with E-state index in [1.807, 2.05) is 13.0 Å². The summed E-state index contributed by atoms with van der Waals surface area (Å²) in [4.78, 5) is 13.0. The van der Waals surface area contributed by atoms with Gasteiger partial charge >= 0.3 is 0 Å². The third-order valence-electron chi connectivity index (χ3n) is 3.93. The highest BCUT2D eigenvalue weighted by Crippen LogP contribution is 2.25. The summed E-state index contributed by atoms with van der Waals surface area (Å²) in [5.41, 5.74) is 1.77. The lowest BCUT2D eigenvalue weighted by atomic mass is 10.2. The quantitative estimate of drug-likeness (QED) is 0.731. The molecule has 0 N–H and O–H groups in total. The first kappa shape index (κ1) is 16.4. The van der Waals surface area contributed by atoms with E-state index < -0.39 is 15.7 Å². The summed E-state index contributed by atoms with van der Waals surface area (Å²) in [5, 5.41) is 0.685. The van der Waals surface area contributed by atoms with E-state index in [0.717, 1.165) is 11.9 Å². The molecule has 0 aliphatic heterocycles. The number of aromatic nitrogens is 1. The van der Waals surface area contributed by atoms with Crippen LogP contribution < -0.4 is 0 Å². The molecule has 24 heavy (non-hydrogen) atoms. The molecule has 1 heterocycles. The highest BCUT2D eigenvalue weighted by Gasteiger charge is 2.18. The van der Waals surface area contributed by atoms with Crippen molar-refractivity contribution < 1.29 is 17.6 Å². The molecule has 0 saturated heterocycles.